The second-order valence-electron chi connectivity index (χ2n) is 4.36. The van der Waals surface area contributed by atoms with Gasteiger partial charge in [0.25, 0.3) is 6.01 Å². The zero-order valence-corrected chi connectivity index (χ0v) is 10.3. The maximum absolute atomic E-state index is 5.70. The van der Waals surface area contributed by atoms with E-state index in [2.05, 4.69) is 10.3 Å². The number of fused-ring (bicyclic) bond motifs is 1. The van der Waals surface area contributed by atoms with E-state index >= 15 is 0 Å². The number of aromatic nitrogens is 1. The maximum atomic E-state index is 5.70. The van der Waals surface area contributed by atoms with Crippen LogP contribution in [0.25, 0.3) is 11.1 Å². The molecule has 4 nitrogen and oxygen atoms in total. The van der Waals surface area contributed by atoms with Crippen LogP contribution in [0.2, 0.25) is 0 Å². The Bertz CT molecular complexity index is 519. The lowest BCUT2D eigenvalue weighted by molar-refractivity contribution is 0.581. The normalized spacial score (nSPS) is 19.9. The monoisotopic (exact) mass is 249 g/mol. The van der Waals surface area contributed by atoms with E-state index in [-0.39, 0.29) is 0 Å². The average molecular weight is 249 g/mol. The summed E-state index contributed by atoms with van der Waals surface area (Å²) in [6.45, 7) is 0.940. The standard InChI is InChI=1S/C12H15N3OS/c13-9-1-2-10-11(5-9)16-12(15-10)14-6-8-3-4-17-7-8/h1-2,5,8H,3-4,6-7,13H2,(H,14,15). The van der Waals surface area contributed by atoms with Crippen molar-refractivity contribution in [2.75, 3.05) is 29.1 Å². The summed E-state index contributed by atoms with van der Waals surface area (Å²) in [7, 11) is 0. The van der Waals surface area contributed by atoms with Crippen molar-refractivity contribution in [3.63, 3.8) is 0 Å². The molecule has 5 heteroatoms. The van der Waals surface area contributed by atoms with Crippen LogP contribution in [0.15, 0.2) is 22.6 Å². The SMILES string of the molecule is Nc1ccc2nc(NCC3CCSC3)oc2c1. The first kappa shape index (κ1) is 10.8. The van der Waals surface area contributed by atoms with Gasteiger partial charge in [-0.25, -0.2) is 0 Å². The van der Waals surface area contributed by atoms with Crippen LogP contribution in [0.3, 0.4) is 0 Å². The third kappa shape index (κ3) is 2.34. The largest absolute Gasteiger partial charge is 0.423 e. The van der Waals surface area contributed by atoms with Crippen molar-refractivity contribution in [1.82, 2.24) is 4.98 Å². The summed E-state index contributed by atoms with van der Waals surface area (Å²) < 4.78 is 5.60. The molecule has 0 amide bonds. The van der Waals surface area contributed by atoms with E-state index in [4.69, 9.17) is 10.2 Å². The third-order valence-corrected chi connectivity index (χ3v) is 4.21. The molecule has 1 saturated heterocycles. The third-order valence-electron chi connectivity index (χ3n) is 2.98. The van der Waals surface area contributed by atoms with Crippen molar-refractivity contribution in [3.8, 4) is 0 Å². The molecule has 2 aromatic rings. The molecule has 2 heterocycles. The Kier molecular flexibility index (Phi) is 2.84. The fourth-order valence-corrected chi connectivity index (χ4v) is 3.28. The van der Waals surface area contributed by atoms with Crippen LogP contribution < -0.4 is 11.1 Å². The summed E-state index contributed by atoms with van der Waals surface area (Å²) in [5, 5.41) is 3.26. The van der Waals surface area contributed by atoms with E-state index in [1.165, 1.54) is 17.9 Å². The van der Waals surface area contributed by atoms with Gasteiger partial charge in [0.1, 0.15) is 5.52 Å². The summed E-state index contributed by atoms with van der Waals surface area (Å²) in [5.74, 6) is 3.25. The van der Waals surface area contributed by atoms with Gasteiger partial charge in [0, 0.05) is 18.3 Å². The van der Waals surface area contributed by atoms with E-state index < -0.39 is 0 Å². The molecule has 3 N–H and O–H groups in total. The van der Waals surface area contributed by atoms with Crippen molar-refractivity contribution in [3.05, 3.63) is 18.2 Å². The molecule has 17 heavy (non-hydrogen) atoms. The first-order chi connectivity index (χ1) is 8.31. The number of benzene rings is 1. The number of anilines is 2. The fraction of sp³-hybridized carbons (Fsp3) is 0.417. The molecule has 0 spiro atoms. The molecule has 1 atom stereocenters. The van der Waals surface area contributed by atoms with Crippen molar-refractivity contribution in [1.29, 1.82) is 0 Å². The molecule has 1 aromatic heterocycles. The number of rotatable bonds is 3. The highest BCUT2D eigenvalue weighted by molar-refractivity contribution is 7.99. The maximum Gasteiger partial charge on any atom is 0.295 e. The molecule has 1 fully saturated rings. The highest BCUT2D eigenvalue weighted by Gasteiger charge is 2.16. The summed E-state index contributed by atoms with van der Waals surface area (Å²) in [6, 6.07) is 6.12. The van der Waals surface area contributed by atoms with Crippen molar-refractivity contribution in [2.45, 2.75) is 6.42 Å². The molecule has 0 saturated carbocycles. The number of nitrogens with zero attached hydrogens (tertiary/aromatic N) is 1. The van der Waals surface area contributed by atoms with Crippen LogP contribution in [-0.2, 0) is 0 Å². The lowest BCUT2D eigenvalue weighted by Gasteiger charge is -2.07. The molecular formula is C12H15N3OS. The number of oxazole rings is 1. The van der Waals surface area contributed by atoms with Gasteiger partial charge in [0.15, 0.2) is 5.58 Å². The topological polar surface area (TPSA) is 64.1 Å². The van der Waals surface area contributed by atoms with E-state index in [0.717, 1.165) is 23.6 Å². The molecule has 1 aliphatic rings. The van der Waals surface area contributed by atoms with Gasteiger partial charge in [0.05, 0.1) is 0 Å². The Morgan fingerprint density at radius 3 is 3.29 bits per heavy atom. The molecule has 0 aliphatic carbocycles. The second-order valence-corrected chi connectivity index (χ2v) is 5.51. The highest BCUT2D eigenvalue weighted by Crippen LogP contribution is 2.25. The summed E-state index contributed by atoms with van der Waals surface area (Å²) in [4.78, 5) is 4.37. The van der Waals surface area contributed by atoms with Gasteiger partial charge in [0.2, 0.25) is 0 Å². The van der Waals surface area contributed by atoms with Crippen LogP contribution in [0.4, 0.5) is 11.7 Å². The average Bonchev–Trinajstić information content (AvgIpc) is 2.94. The Labute approximate surface area is 104 Å². The van der Waals surface area contributed by atoms with Gasteiger partial charge in [-0.15, -0.1) is 0 Å². The van der Waals surface area contributed by atoms with Gasteiger partial charge >= 0.3 is 0 Å². The first-order valence-electron chi connectivity index (χ1n) is 5.79. The summed E-state index contributed by atoms with van der Waals surface area (Å²) in [6.07, 6.45) is 1.28. The van der Waals surface area contributed by atoms with Crippen LogP contribution in [-0.4, -0.2) is 23.0 Å². The zero-order valence-electron chi connectivity index (χ0n) is 9.48. The summed E-state index contributed by atoms with van der Waals surface area (Å²) >= 11 is 2.02. The van der Waals surface area contributed by atoms with E-state index in [1.54, 1.807) is 6.07 Å². The summed E-state index contributed by atoms with van der Waals surface area (Å²) in [5.41, 5.74) is 7.99. The van der Waals surface area contributed by atoms with Crippen LogP contribution in [0, 0.1) is 5.92 Å². The molecule has 0 radical (unpaired) electrons. The van der Waals surface area contributed by atoms with Crippen LogP contribution >= 0.6 is 11.8 Å². The van der Waals surface area contributed by atoms with Crippen molar-refractivity contribution in [2.24, 2.45) is 5.92 Å². The number of hydrogen-bond donors (Lipinski definition) is 2. The van der Waals surface area contributed by atoms with Gasteiger partial charge in [-0.1, -0.05) is 0 Å². The van der Waals surface area contributed by atoms with Gasteiger partial charge < -0.3 is 15.5 Å². The smallest absolute Gasteiger partial charge is 0.295 e. The molecule has 1 aliphatic heterocycles. The predicted molar refractivity (Wildman–Crippen MR) is 72.3 cm³/mol. The van der Waals surface area contributed by atoms with E-state index in [1.807, 2.05) is 23.9 Å². The fourth-order valence-electron chi connectivity index (χ4n) is 1.99. The van der Waals surface area contributed by atoms with E-state index in [9.17, 15) is 0 Å². The van der Waals surface area contributed by atoms with E-state index in [0.29, 0.717) is 11.7 Å². The number of nitrogens with two attached hydrogens (primary N) is 1. The molecule has 3 rings (SSSR count). The minimum Gasteiger partial charge on any atom is -0.423 e. The molecule has 0 bridgehead atoms. The molecule has 90 valence electrons. The minimum absolute atomic E-state index is 0.600. The van der Waals surface area contributed by atoms with Crippen molar-refractivity contribution >= 4 is 34.6 Å². The molecule has 1 unspecified atom stereocenters. The molecule has 1 aromatic carbocycles. The van der Waals surface area contributed by atoms with Gasteiger partial charge in [-0.2, -0.15) is 16.7 Å². The van der Waals surface area contributed by atoms with Gasteiger partial charge in [-0.05, 0) is 36.0 Å². The number of nitrogen functional groups attached to an aromatic ring is 1. The highest BCUT2D eigenvalue weighted by atomic mass is 32.2. The quantitative estimate of drug-likeness (QED) is 0.818. The van der Waals surface area contributed by atoms with Gasteiger partial charge in [-0.3, -0.25) is 0 Å². The number of hydrogen-bond acceptors (Lipinski definition) is 5. The molecular weight excluding hydrogens is 234 g/mol. The van der Waals surface area contributed by atoms with Crippen LogP contribution in [0.1, 0.15) is 6.42 Å². The van der Waals surface area contributed by atoms with Crippen LogP contribution in [0.5, 0.6) is 0 Å². The predicted octanol–water partition coefficient (Wildman–Crippen LogP) is 2.58. The minimum atomic E-state index is 0.600. The number of nitrogens with one attached hydrogen (secondary N) is 1. The Balaban J connectivity index is 1.72. The first-order valence-corrected chi connectivity index (χ1v) is 6.94. The lowest BCUT2D eigenvalue weighted by Crippen LogP contribution is -2.13. The second kappa shape index (κ2) is 4.49. The number of thioether (sulfide) groups is 1. The van der Waals surface area contributed by atoms with Crippen molar-refractivity contribution < 1.29 is 4.42 Å². The lowest BCUT2D eigenvalue weighted by atomic mass is 10.1. The zero-order chi connectivity index (χ0) is 11.7. The Hall–Kier alpha value is -1.36. The Morgan fingerprint density at radius 2 is 2.47 bits per heavy atom. The Morgan fingerprint density at radius 1 is 1.53 bits per heavy atom.